The SMILES string of the molecule is CCc1[nH]c2cccc(F)c2c1Br. The van der Waals surface area contributed by atoms with Gasteiger partial charge in [0.15, 0.2) is 0 Å². The van der Waals surface area contributed by atoms with E-state index in [2.05, 4.69) is 20.9 Å². The van der Waals surface area contributed by atoms with E-state index in [4.69, 9.17) is 0 Å². The Morgan fingerprint density at radius 1 is 1.46 bits per heavy atom. The van der Waals surface area contributed by atoms with Crippen LogP contribution in [0.25, 0.3) is 10.9 Å². The largest absolute Gasteiger partial charge is 0.357 e. The number of nitrogens with one attached hydrogen (secondary N) is 1. The van der Waals surface area contributed by atoms with Crippen molar-refractivity contribution in [3.8, 4) is 0 Å². The maximum Gasteiger partial charge on any atom is 0.133 e. The molecule has 0 saturated carbocycles. The average Bonchev–Trinajstić information content (AvgIpc) is 2.44. The number of H-pyrrole nitrogens is 1. The zero-order valence-electron chi connectivity index (χ0n) is 7.20. The molecule has 1 N–H and O–H groups in total. The van der Waals surface area contributed by atoms with Gasteiger partial charge in [0.2, 0.25) is 0 Å². The molecular weight excluding hydrogens is 233 g/mol. The minimum atomic E-state index is -0.180. The Labute approximate surface area is 84.1 Å². The van der Waals surface area contributed by atoms with Crippen molar-refractivity contribution < 1.29 is 4.39 Å². The van der Waals surface area contributed by atoms with Crippen LogP contribution in [0.4, 0.5) is 4.39 Å². The van der Waals surface area contributed by atoms with Crippen LogP contribution in [0.5, 0.6) is 0 Å². The number of aromatic amines is 1. The smallest absolute Gasteiger partial charge is 0.133 e. The van der Waals surface area contributed by atoms with Gasteiger partial charge in [0.25, 0.3) is 0 Å². The number of halogens is 2. The molecule has 0 aliphatic carbocycles. The fraction of sp³-hybridized carbons (Fsp3) is 0.200. The van der Waals surface area contributed by atoms with Crippen LogP contribution in [-0.2, 0) is 6.42 Å². The Morgan fingerprint density at radius 3 is 2.85 bits per heavy atom. The second kappa shape index (κ2) is 3.14. The summed E-state index contributed by atoms with van der Waals surface area (Å²) in [5, 5.41) is 0.652. The fourth-order valence-electron chi connectivity index (χ4n) is 1.46. The van der Waals surface area contributed by atoms with Crippen LogP contribution < -0.4 is 0 Å². The zero-order chi connectivity index (χ0) is 9.42. The molecule has 0 aliphatic rings. The molecule has 0 atom stereocenters. The number of rotatable bonds is 1. The summed E-state index contributed by atoms with van der Waals surface area (Å²) in [5.41, 5.74) is 1.89. The van der Waals surface area contributed by atoms with E-state index in [1.807, 2.05) is 13.0 Å². The van der Waals surface area contributed by atoms with Gasteiger partial charge in [0, 0.05) is 21.1 Å². The normalized spacial score (nSPS) is 11.0. The molecule has 0 amide bonds. The number of hydrogen-bond donors (Lipinski definition) is 1. The lowest BCUT2D eigenvalue weighted by Crippen LogP contribution is -1.77. The highest BCUT2D eigenvalue weighted by molar-refractivity contribution is 9.10. The predicted molar refractivity (Wildman–Crippen MR) is 55.3 cm³/mol. The van der Waals surface area contributed by atoms with Crippen molar-refractivity contribution >= 4 is 26.8 Å². The molecule has 3 heteroatoms. The highest BCUT2D eigenvalue weighted by Crippen LogP contribution is 2.29. The molecule has 1 nitrogen and oxygen atoms in total. The lowest BCUT2D eigenvalue weighted by atomic mass is 10.2. The second-order valence-corrected chi connectivity index (χ2v) is 3.73. The molecule has 1 heterocycles. The van der Waals surface area contributed by atoms with Crippen molar-refractivity contribution in [2.75, 3.05) is 0 Å². The number of benzene rings is 1. The number of hydrogen-bond acceptors (Lipinski definition) is 0. The Bertz CT molecular complexity index is 447. The second-order valence-electron chi connectivity index (χ2n) is 2.93. The van der Waals surface area contributed by atoms with Gasteiger partial charge in [0.05, 0.1) is 0 Å². The quantitative estimate of drug-likeness (QED) is 0.785. The summed E-state index contributed by atoms with van der Waals surface area (Å²) in [5.74, 6) is -0.180. The molecule has 0 radical (unpaired) electrons. The highest BCUT2D eigenvalue weighted by atomic mass is 79.9. The first-order chi connectivity index (χ1) is 6.24. The van der Waals surface area contributed by atoms with Gasteiger partial charge in [-0.05, 0) is 34.5 Å². The summed E-state index contributed by atoms with van der Waals surface area (Å²) in [7, 11) is 0. The van der Waals surface area contributed by atoms with E-state index in [-0.39, 0.29) is 5.82 Å². The van der Waals surface area contributed by atoms with Crippen LogP contribution in [0.15, 0.2) is 22.7 Å². The van der Waals surface area contributed by atoms with Gasteiger partial charge in [-0.3, -0.25) is 0 Å². The third kappa shape index (κ3) is 1.27. The van der Waals surface area contributed by atoms with Crippen molar-refractivity contribution in [1.82, 2.24) is 4.98 Å². The van der Waals surface area contributed by atoms with Gasteiger partial charge in [-0.1, -0.05) is 13.0 Å². The van der Waals surface area contributed by atoms with Crippen LogP contribution in [0.2, 0.25) is 0 Å². The minimum absolute atomic E-state index is 0.180. The molecule has 2 rings (SSSR count). The average molecular weight is 242 g/mol. The Morgan fingerprint density at radius 2 is 2.23 bits per heavy atom. The van der Waals surface area contributed by atoms with Crippen LogP contribution >= 0.6 is 15.9 Å². The summed E-state index contributed by atoms with van der Waals surface area (Å²) in [6, 6.07) is 5.06. The van der Waals surface area contributed by atoms with Gasteiger partial charge in [-0.25, -0.2) is 4.39 Å². The van der Waals surface area contributed by atoms with E-state index in [9.17, 15) is 4.39 Å². The van der Waals surface area contributed by atoms with Crippen LogP contribution in [0.1, 0.15) is 12.6 Å². The van der Waals surface area contributed by atoms with Crippen molar-refractivity contribution in [1.29, 1.82) is 0 Å². The van der Waals surface area contributed by atoms with E-state index in [0.717, 1.165) is 22.1 Å². The molecular formula is C10H9BrFN. The maximum atomic E-state index is 13.3. The molecule has 2 aromatic rings. The summed E-state index contributed by atoms with van der Waals surface area (Å²) >= 11 is 3.39. The van der Waals surface area contributed by atoms with Crippen LogP contribution in [-0.4, -0.2) is 4.98 Å². The summed E-state index contributed by atoms with van der Waals surface area (Å²) < 4.78 is 14.2. The van der Waals surface area contributed by atoms with Gasteiger partial charge >= 0.3 is 0 Å². The standard InChI is InChI=1S/C10H9BrFN/c1-2-7-10(11)9-6(12)4-3-5-8(9)13-7/h3-5,13H,2H2,1H3. The van der Waals surface area contributed by atoms with Crippen LogP contribution in [0.3, 0.4) is 0 Å². The summed E-state index contributed by atoms with van der Waals surface area (Å²) in [6.45, 7) is 2.04. The van der Waals surface area contributed by atoms with Crippen LogP contribution in [0, 0.1) is 5.82 Å². The number of fused-ring (bicyclic) bond motifs is 1. The molecule has 0 unspecified atom stereocenters. The lowest BCUT2D eigenvalue weighted by Gasteiger charge is -1.92. The van der Waals surface area contributed by atoms with Gasteiger partial charge in [0.1, 0.15) is 5.82 Å². The summed E-state index contributed by atoms with van der Waals surface area (Å²) in [6.07, 6.45) is 0.870. The van der Waals surface area contributed by atoms with E-state index in [0.29, 0.717) is 5.39 Å². The third-order valence-electron chi connectivity index (χ3n) is 2.14. The predicted octanol–water partition coefficient (Wildman–Crippen LogP) is 3.63. The maximum absolute atomic E-state index is 13.3. The lowest BCUT2D eigenvalue weighted by molar-refractivity contribution is 0.639. The molecule has 68 valence electrons. The fourth-order valence-corrected chi connectivity index (χ4v) is 2.25. The van der Waals surface area contributed by atoms with E-state index >= 15 is 0 Å². The molecule has 0 fully saturated rings. The van der Waals surface area contributed by atoms with Crippen molar-refractivity contribution in [3.05, 3.63) is 34.2 Å². The zero-order valence-corrected chi connectivity index (χ0v) is 8.78. The Hall–Kier alpha value is -0.830. The van der Waals surface area contributed by atoms with E-state index in [1.54, 1.807) is 6.07 Å². The van der Waals surface area contributed by atoms with E-state index in [1.165, 1.54) is 6.07 Å². The molecule has 0 bridgehead atoms. The molecule has 0 aliphatic heterocycles. The first kappa shape index (κ1) is 8.75. The van der Waals surface area contributed by atoms with Crippen molar-refractivity contribution in [3.63, 3.8) is 0 Å². The molecule has 0 spiro atoms. The molecule has 13 heavy (non-hydrogen) atoms. The third-order valence-corrected chi connectivity index (χ3v) is 3.01. The highest BCUT2D eigenvalue weighted by Gasteiger charge is 2.10. The van der Waals surface area contributed by atoms with E-state index < -0.39 is 0 Å². The van der Waals surface area contributed by atoms with Gasteiger partial charge in [-0.15, -0.1) is 0 Å². The molecule has 1 aromatic carbocycles. The first-order valence-electron chi connectivity index (χ1n) is 4.18. The monoisotopic (exact) mass is 241 g/mol. The van der Waals surface area contributed by atoms with Gasteiger partial charge < -0.3 is 4.98 Å². The van der Waals surface area contributed by atoms with Crippen molar-refractivity contribution in [2.24, 2.45) is 0 Å². The topological polar surface area (TPSA) is 15.8 Å². The van der Waals surface area contributed by atoms with Gasteiger partial charge in [-0.2, -0.15) is 0 Å². The Balaban J connectivity index is 2.85. The Kier molecular flexibility index (Phi) is 2.12. The van der Waals surface area contributed by atoms with Crippen molar-refractivity contribution in [2.45, 2.75) is 13.3 Å². The summed E-state index contributed by atoms with van der Waals surface area (Å²) in [4.78, 5) is 3.17. The molecule has 1 aromatic heterocycles. The number of aryl methyl sites for hydroxylation is 1. The first-order valence-corrected chi connectivity index (χ1v) is 4.98. The minimum Gasteiger partial charge on any atom is -0.357 e. The number of aromatic nitrogens is 1. The molecule has 0 saturated heterocycles.